The number of halogens is 2. The monoisotopic (exact) mass is 374 g/mol. The summed E-state index contributed by atoms with van der Waals surface area (Å²) in [7, 11) is 0. The Balaban J connectivity index is 2.76. The van der Waals surface area contributed by atoms with Crippen molar-refractivity contribution in [1.29, 1.82) is 0 Å². The van der Waals surface area contributed by atoms with E-state index in [1.54, 1.807) is 0 Å². The highest BCUT2D eigenvalue weighted by atomic mass is 79.9. The van der Waals surface area contributed by atoms with Crippen LogP contribution < -0.4 is 5.32 Å². The van der Waals surface area contributed by atoms with Gasteiger partial charge in [-0.25, -0.2) is 0 Å². The van der Waals surface area contributed by atoms with Crippen LogP contribution in [0.25, 0.3) is 0 Å². The van der Waals surface area contributed by atoms with Crippen LogP contribution in [-0.4, -0.2) is 11.5 Å². The molecule has 0 fully saturated rings. The van der Waals surface area contributed by atoms with Gasteiger partial charge in [-0.15, -0.1) is 6.58 Å². The Bertz CT molecular complexity index is 380. The van der Waals surface area contributed by atoms with Crippen LogP contribution in [0.4, 0.5) is 0 Å². The molecule has 18 heavy (non-hydrogen) atoms. The molecule has 1 unspecified atom stereocenters. The van der Waals surface area contributed by atoms with E-state index in [1.807, 2.05) is 12.3 Å². The average Bonchev–Trinajstić information content (AvgIpc) is 2.34. The molecule has 1 aromatic rings. The summed E-state index contributed by atoms with van der Waals surface area (Å²) in [6.45, 7) is 6.97. The fraction of sp³-hybridized carbons (Fsp3) is 0.500. The second-order valence-corrected chi connectivity index (χ2v) is 6.02. The number of hydrogen-bond acceptors (Lipinski definition) is 2. The van der Waals surface area contributed by atoms with E-state index >= 15 is 0 Å². The van der Waals surface area contributed by atoms with Crippen LogP contribution >= 0.6 is 31.9 Å². The van der Waals surface area contributed by atoms with Crippen molar-refractivity contribution in [1.82, 2.24) is 10.3 Å². The van der Waals surface area contributed by atoms with Crippen LogP contribution in [0.1, 0.15) is 44.3 Å². The maximum absolute atomic E-state index is 4.53. The zero-order valence-electron chi connectivity index (χ0n) is 10.8. The highest BCUT2D eigenvalue weighted by Gasteiger charge is 2.15. The second-order valence-electron chi connectivity index (χ2n) is 4.25. The van der Waals surface area contributed by atoms with Gasteiger partial charge in [0.05, 0.1) is 11.7 Å². The first-order valence-corrected chi connectivity index (χ1v) is 7.92. The number of nitrogens with zero attached hydrogens (tertiary/aromatic N) is 1. The molecule has 0 radical (unpaired) electrons. The predicted octanol–water partition coefficient (Wildman–Crippen LogP) is 5.00. The molecule has 1 N–H and O–H groups in total. The molecular weight excluding hydrogens is 356 g/mol. The van der Waals surface area contributed by atoms with Crippen molar-refractivity contribution in [3.63, 3.8) is 0 Å². The number of aromatic nitrogens is 1. The summed E-state index contributed by atoms with van der Waals surface area (Å²) in [6, 6.07) is 2.36. The number of unbranched alkanes of at least 4 members (excludes halogenated alkanes) is 1. The quantitative estimate of drug-likeness (QED) is 0.510. The lowest BCUT2D eigenvalue weighted by molar-refractivity contribution is 0.474. The van der Waals surface area contributed by atoms with Gasteiger partial charge in [-0.1, -0.05) is 13.0 Å². The molecular formula is C14H20Br2N2. The highest BCUT2D eigenvalue weighted by molar-refractivity contribution is 9.11. The van der Waals surface area contributed by atoms with Crippen molar-refractivity contribution < 1.29 is 0 Å². The third-order valence-corrected chi connectivity index (χ3v) is 3.78. The average molecular weight is 376 g/mol. The largest absolute Gasteiger partial charge is 0.309 e. The number of nitrogens with one attached hydrogen (secondary N) is 1. The van der Waals surface area contributed by atoms with Crippen molar-refractivity contribution in [2.45, 2.75) is 38.6 Å². The van der Waals surface area contributed by atoms with Crippen LogP contribution in [0.5, 0.6) is 0 Å². The summed E-state index contributed by atoms with van der Waals surface area (Å²) in [5, 5.41) is 3.56. The van der Waals surface area contributed by atoms with E-state index in [0.717, 1.165) is 46.9 Å². The Morgan fingerprint density at radius 3 is 2.89 bits per heavy atom. The van der Waals surface area contributed by atoms with Crippen LogP contribution in [0, 0.1) is 0 Å². The van der Waals surface area contributed by atoms with Crippen LogP contribution in [0.15, 0.2) is 33.9 Å². The topological polar surface area (TPSA) is 24.9 Å². The van der Waals surface area contributed by atoms with Gasteiger partial charge in [-0.05, 0) is 70.2 Å². The Kier molecular flexibility index (Phi) is 7.79. The van der Waals surface area contributed by atoms with Gasteiger partial charge in [0.1, 0.15) is 0 Å². The maximum atomic E-state index is 4.53. The molecule has 1 rings (SSSR count). The van der Waals surface area contributed by atoms with Gasteiger partial charge in [0.2, 0.25) is 0 Å². The SMILES string of the molecule is C=CCCCC(NCCC)c1ncc(Br)cc1Br. The van der Waals surface area contributed by atoms with E-state index in [0.29, 0.717) is 6.04 Å². The number of allylic oxidation sites excluding steroid dienone is 1. The Labute approximate surface area is 127 Å². The molecule has 0 spiro atoms. The third kappa shape index (κ3) is 5.21. The molecule has 0 aliphatic carbocycles. The number of pyridine rings is 1. The molecule has 1 atom stereocenters. The lowest BCUT2D eigenvalue weighted by atomic mass is 10.1. The van der Waals surface area contributed by atoms with E-state index in [-0.39, 0.29) is 0 Å². The van der Waals surface area contributed by atoms with Crippen molar-refractivity contribution in [2.24, 2.45) is 0 Å². The van der Waals surface area contributed by atoms with Gasteiger partial charge in [-0.3, -0.25) is 4.98 Å². The van der Waals surface area contributed by atoms with Crippen LogP contribution in [-0.2, 0) is 0 Å². The van der Waals surface area contributed by atoms with Crippen molar-refractivity contribution in [2.75, 3.05) is 6.54 Å². The molecule has 0 aliphatic rings. The highest BCUT2D eigenvalue weighted by Crippen LogP contribution is 2.27. The minimum atomic E-state index is 0.312. The molecule has 0 amide bonds. The maximum Gasteiger partial charge on any atom is 0.0715 e. The minimum absolute atomic E-state index is 0.312. The lowest BCUT2D eigenvalue weighted by Gasteiger charge is -2.19. The molecule has 0 saturated heterocycles. The zero-order valence-corrected chi connectivity index (χ0v) is 13.9. The molecule has 0 aliphatic heterocycles. The summed E-state index contributed by atoms with van der Waals surface area (Å²) < 4.78 is 2.06. The smallest absolute Gasteiger partial charge is 0.0715 e. The van der Waals surface area contributed by atoms with E-state index < -0.39 is 0 Å². The first-order chi connectivity index (χ1) is 8.69. The third-order valence-electron chi connectivity index (χ3n) is 2.71. The lowest BCUT2D eigenvalue weighted by Crippen LogP contribution is -2.23. The molecule has 2 nitrogen and oxygen atoms in total. The normalized spacial score (nSPS) is 12.4. The van der Waals surface area contributed by atoms with Gasteiger partial charge >= 0.3 is 0 Å². The van der Waals surface area contributed by atoms with Crippen LogP contribution in [0.3, 0.4) is 0 Å². The Morgan fingerprint density at radius 1 is 1.50 bits per heavy atom. The Hall–Kier alpha value is -0.190. The van der Waals surface area contributed by atoms with Gasteiger partial charge < -0.3 is 5.32 Å². The van der Waals surface area contributed by atoms with Gasteiger partial charge in [0, 0.05) is 15.1 Å². The molecule has 1 aromatic heterocycles. The van der Waals surface area contributed by atoms with Crippen molar-refractivity contribution in [3.05, 3.63) is 39.6 Å². The van der Waals surface area contributed by atoms with Gasteiger partial charge in [0.15, 0.2) is 0 Å². The fourth-order valence-electron chi connectivity index (χ4n) is 1.80. The first kappa shape index (κ1) is 15.9. The standard InChI is InChI=1S/C14H20Br2N2/c1-3-5-6-7-13(17-8-4-2)14-12(16)9-11(15)10-18-14/h3,9-10,13,17H,1,4-8H2,2H3. The summed E-state index contributed by atoms with van der Waals surface area (Å²) in [6.07, 6.45) is 8.23. The van der Waals surface area contributed by atoms with Gasteiger partial charge in [0.25, 0.3) is 0 Å². The fourth-order valence-corrected chi connectivity index (χ4v) is 3.07. The summed E-state index contributed by atoms with van der Waals surface area (Å²) in [5.41, 5.74) is 1.09. The van der Waals surface area contributed by atoms with Crippen LogP contribution in [0.2, 0.25) is 0 Å². The zero-order chi connectivity index (χ0) is 13.4. The molecule has 0 bridgehead atoms. The Morgan fingerprint density at radius 2 is 2.28 bits per heavy atom. The van der Waals surface area contributed by atoms with E-state index in [1.165, 1.54) is 0 Å². The van der Waals surface area contributed by atoms with Crippen molar-refractivity contribution in [3.8, 4) is 0 Å². The van der Waals surface area contributed by atoms with Gasteiger partial charge in [-0.2, -0.15) is 0 Å². The van der Waals surface area contributed by atoms with E-state index in [2.05, 4.69) is 61.7 Å². The molecule has 100 valence electrons. The van der Waals surface area contributed by atoms with E-state index in [9.17, 15) is 0 Å². The molecule has 0 saturated carbocycles. The van der Waals surface area contributed by atoms with Crippen molar-refractivity contribution >= 4 is 31.9 Å². The number of hydrogen-bond donors (Lipinski definition) is 1. The molecule has 0 aromatic carbocycles. The summed E-state index contributed by atoms with van der Waals surface area (Å²) in [5.74, 6) is 0. The second kappa shape index (κ2) is 8.83. The van der Waals surface area contributed by atoms with E-state index in [4.69, 9.17) is 0 Å². The number of rotatable bonds is 8. The molecule has 1 heterocycles. The molecule has 4 heteroatoms. The summed E-state index contributed by atoms with van der Waals surface area (Å²) in [4.78, 5) is 4.53. The summed E-state index contributed by atoms with van der Waals surface area (Å²) >= 11 is 7.03. The minimum Gasteiger partial charge on any atom is -0.309 e. The first-order valence-electron chi connectivity index (χ1n) is 6.34. The predicted molar refractivity (Wildman–Crippen MR) is 84.7 cm³/mol.